The zero-order valence-corrected chi connectivity index (χ0v) is 8.16. The molecule has 1 aliphatic carbocycles. The molecule has 0 aromatic heterocycles. The molecule has 0 radical (unpaired) electrons. The lowest BCUT2D eigenvalue weighted by atomic mass is 9.75. The van der Waals surface area contributed by atoms with Gasteiger partial charge in [0, 0.05) is 5.41 Å². The molecule has 1 atom stereocenters. The Labute approximate surface area is 80.3 Å². The van der Waals surface area contributed by atoms with Gasteiger partial charge in [0.2, 0.25) is 0 Å². The van der Waals surface area contributed by atoms with Crippen molar-refractivity contribution in [2.24, 2.45) is 0 Å². The first-order valence-electron chi connectivity index (χ1n) is 5.04. The van der Waals surface area contributed by atoms with E-state index in [4.69, 9.17) is 0 Å². The summed E-state index contributed by atoms with van der Waals surface area (Å²) in [5.41, 5.74) is 1.74. The summed E-state index contributed by atoms with van der Waals surface area (Å²) in [6.45, 7) is 2.33. The molecular weight excluding hydrogens is 156 g/mol. The third kappa shape index (κ3) is 1.67. The Kier molecular flexibility index (Phi) is 2.22. The Hall–Kier alpha value is -1.04. The van der Waals surface area contributed by atoms with Crippen molar-refractivity contribution < 1.29 is 0 Å². The van der Waals surface area contributed by atoms with Crippen LogP contribution >= 0.6 is 0 Å². The molecule has 0 saturated carbocycles. The van der Waals surface area contributed by atoms with E-state index < -0.39 is 0 Å². The minimum atomic E-state index is 0.291. The molecule has 1 aliphatic rings. The van der Waals surface area contributed by atoms with Crippen molar-refractivity contribution >= 4 is 0 Å². The van der Waals surface area contributed by atoms with Crippen molar-refractivity contribution in [1.29, 1.82) is 0 Å². The predicted octanol–water partition coefficient (Wildman–Crippen LogP) is 3.68. The highest BCUT2D eigenvalue weighted by Gasteiger charge is 2.24. The second-order valence-electron chi connectivity index (χ2n) is 4.08. The van der Waals surface area contributed by atoms with Gasteiger partial charge in [0.05, 0.1) is 0 Å². The number of allylic oxidation sites excluding steroid dienone is 2. The van der Waals surface area contributed by atoms with Crippen LogP contribution in [0.2, 0.25) is 0 Å². The molecule has 0 heteroatoms. The molecule has 0 fully saturated rings. The van der Waals surface area contributed by atoms with Gasteiger partial charge >= 0.3 is 0 Å². The third-order valence-corrected chi connectivity index (χ3v) is 2.99. The average Bonchev–Trinajstić information content (AvgIpc) is 2.20. The highest BCUT2D eigenvalue weighted by Crippen LogP contribution is 2.33. The highest BCUT2D eigenvalue weighted by atomic mass is 14.3. The minimum absolute atomic E-state index is 0.291. The van der Waals surface area contributed by atoms with Crippen LogP contribution < -0.4 is 0 Å². The predicted molar refractivity (Wildman–Crippen MR) is 56.8 cm³/mol. The van der Waals surface area contributed by atoms with Gasteiger partial charge in [-0.25, -0.2) is 0 Å². The molecule has 2 rings (SSSR count). The monoisotopic (exact) mass is 172 g/mol. The molecule has 0 aliphatic heterocycles. The number of hydrogen-bond donors (Lipinski definition) is 0. The van der Waals surface area contributed by atoms with Crippen LogP contribution in [0.3, 0.4) is 0 Å². The zero-order valence-electron chi connectivity index (χ0n) is 8.16. The maximum Gasteiger partial charge on any atom is 0.0104 e. The number of hydrogen-bond acceptors (Lipinski definition) is 0. The van der Waals surface area contributed by atoms with E-state index in [1.807, 2.05) is 0 Å². The Morgan fingerprint density at radius 2 is 1.92 bits per heavy atom. The first-order chi connectivity index (χ1) is 6.31. The van der Waals surface area contributed by atoms with Crippen LogP contribution in [0.15, 0.2) is 42.5 Å². The van der Waals surface area contributed by atoms with Crippen molar-refractivity contribution in [2.45, 2.75) is 31.6 Å². The molecule has 1 unspecified atom stereocenters. The quantitative estimate of drug-likeness (QED) is 0.567. The first kappa shape index (κ1) is 8.55. The lowest BCUT2D eigenvalue weighted by molar-refractivity contribution is 0.496. The minimum Gasteiger partial charge on any atom is -0.0877 e. The summed E-state index contributed by atoms with van der Waals surface area (Å²) in [6.07, 6.45) is 8.54. The van der Waals surface area contributed by atoms with Crippen molar-refractivity contribution in [3.63, 3.8) is 0 Å². The summed E-state index contributed by atoms with van der Waals surface area (Å²) in [4.78, 5) is 0. The van der Waals surface area contributed by atoms with Gasteiger partial charge in [0.25, 0.3) is 0 Å². The van der Waals surface area contributed by atoms with E-state index in [1.54, 1.807) is 0 Å². The molecule has 0 N–H and O–H groups in total. The van der Waals surface area contributed by atoms with Crippen molar-refractivity contribution in [1.82, 2.24) is 0 Å². The number of benzene rings is 1. The Morgan fingerprint density at radius 3 is 2.54 bits per heavy atom. The maximum absolute atomic E-state index is 2.37. The lowest BCUT2D eigenvalue weighted by Crippen LogP contribution is -2.20. The molecule has 0 saturated heterocycles. The Bertz CT molecular complexity index is 297. The maximum atomic E-state index is 2.37. The summed E-state index contributed by atoms with van der Waals surface area (Å²) in [6, 6.07) is 10.8. The van der Waals surface area contributed by atoms with Gasteiger partial charge in [0.15, 0.2) is 0 Å². The SMILES string of the molecule is CC1(c2ccccc2)C=CCCC1. The largest absolute Gasteiger partial charge is 0.0877 e. The molecule has 0 amide bonds. The molecule has 0 spiro atoms. The summed E-state index contributed by atoms with van der Waals surface area (Å²) in [5.74, 6) is 0. The fraction of sp³-hybridized carbons (Fsp3) is 0.385. The summed E-state index contributed by atoms with van der Waals surface area (Å²) in [7, 11) is 0. The molecule has 1 aromatic rings. The molecule has 68 valence electrons. The third-order valence-electron chi connectivity index (χ3n) is 2.99. The van der Waals surface area contributed by atoms with E-state index in [0.29, 0.717) is 5.41 Å². The van der Waals surface area contributed by atoms with E-state index >= 15 is 0 Å². The van der Waals surface area contributed by atoms with Gasteiger partial charge in [-0.1, -0.05) is 49.4 Å². The number of rotatable bonds is 1. The summed E-state index contributed by atoms with van der Waals surface area (Å²) in [5, 5.41) is 0. The lowest BCUT2D eigenvalue weighted by Gasteiger charge is -2.29. The molecule has 0 nitrogen and oxygen atoms in total. The van der Waals surface area contributed by atoms with E-state index in [-0.39, 0.29) is 0 Å². The van der Waals surface area contributed by atoms with Crippen LogP contribution in [0.4, 0.5) is 0 Å². The Balaban J connectivity index is 2.34. The zero-order chi connectivity index (χ0) is 9.15. The van der Waals surface area contributed by atoms with Crippen LogP contribution in [0.1, 0.15) is 31.7 Å². The van der Waals surface area contributed by atoms with Gasteiger partial charge in [-0.2, -0.15) is 0 Å². The second kappa shape index (κ2) is 3.37. The second-order valence-corrected chi connectivity index (χ2v) is 4.08. The Morgan fingerprint density at radius 1 is 1.15 bits per heavy atom. The molecule has 0 bridgehead atoms. The van der Waals surface area contributed by atoms with E-state index in [9.17, 15) is 0 Å². The summed E-state index contributed by atoms with van der Waals surface area (Å²) >= 11 is 0. The molecule has 13 heavy (non-hydrogen) atoms. The van der Waals surface area contributed by atoms with Crippen LogP contribution in [0.5, 0.6) is 0 Å². The molecule has 0 heterocycles. The average molecular weight is 172 g/mol. The highest BCUT2D eigenvalue weighted by molar-refractivity contribution is 5.30. The fourth-order valence-corrected chi connectivity index (χ4v) is 2.07. The molecule has 1 aromatic carbocycles. The van der Waals surface area contributed by atoms with Crippen molar-refractivity contribution in [2.75, 3.05) is 0 Å². The van der Waals surface area contributed by atoms with Gasteiger partial charge in [-0.15, -0.1) is 0 Å². The van der Waals surface area contributed by atoms with Crippen molar-refractivity contribution in [3.8, 4) is 0 Å². The first-order valence-corrected chi connectivity index (χ1v) is 5.04. The summed E-state index contributed by atoms with van der Waals surface area (Å²) < 4.78 is 0. The standard InChI is InChI=1S/C13H16/c1-13(10-6-3-7-11-13)12-8-4-2-5-9-12/h2,4-6,8-10H,3,7,11H2,1H3. The van der Waals surface area contributed by atoms with E-state index in [2.05, 4.69) is 49.4 Å². The smallest absolute Gasteiger partial charge is 0.0104 e. The van der Waals surface area contributed by atoms with Gasteiger partial charge in [0.1, 0.15) is 0 Å². The fourth-order valence-electron chi connectivity index (χ4n) is 2.07. The van der Waals surface area contributed by atoms with E-state index in [0.717, 1.165) is 0 Å². The van der Waals surface area contributed by atoms with Gasteiger partial charge < -0.3 is 0 Å². The van der Waals surface area contributed by atoms with Gasteiger partial charge in [-0.05, 0) is 24.8 Å². The molecular formula is C13H16. The van der Waals surface area contributed by atoms with E-state index in [1.165, 1.54) is 24.8 Å². The topological polar surface area (TPSA) is 0 Å². The normalized spacial score (nSPS) is 27.5. The van der Waals surface area contributed by atoms with Crippen LogP contribution in [-0.2, 0) is 5.41 Å². The van der Waals surface area contributed by atoms with Crippen LogP contribution in [-0.4, -0.2) is 0 Å². The van der Waals surface area contributed by atoms with Gasteiger partial charge in [-0.3, -0.25) is 0 Å². The van der Waals surface area contributed by atoms with Crippen LogP contribution in [0.25, 0.3) is 0 Å². The van der Waals surface area contributed by atoms with Crippen molar-refractivity contribution in [3.05, 3.63) is 48.0 Å². The van der Waals surface area contributed by atoms with Crippen LogP contribution in [0, 0.1) is 0 Å².